The van der Waals surface area contributed by atoms with E-state index in [0.717, 1.165) is 45.2 Å². The maximum absolute atomic E-state index is 4.66. The predicted octanol–water partition coefficient (Wildman–Crippen LogP) is 0.754. The number of aliphatic imine (C=N–C) groups is 1. The third-order valence-corrected chi connectivity index (χ3v) is 3.75. The molecule has 0 amide bonds. The van der Waals surface area contributed by atoms with E-state index in [-0.39, 0.29) is 0 Å². The molecule has 0 aromatic carbocycles. The first-order valence-corrected chi connectivity index (χ1v) is 7.80. The third-order valence-electron chi connectivity index (χ3n) is 3.75. The van der Waals surface area contributed by atoms with Gasteiger partial charge in [0.05, 0.1) is 6.54 Å². The number of guanidine groups is 1. The zero-order chi connectivity index (χ0) is 14.8. The topological polar surface area (TPSA) is 42.9 Å². The Hall–Kier alpha value is -1.07. The smallest absolute Gasteiger partial charge is 0.191 e. The van der Waals surface area contributed by atoms with Gasteiger partial charge in [-0.15, -0.1) is 6.58 Å². The van der Waals surface area contributed by atoms with Gasteiger partial charge < -0.3 is 15.5 Å². The molecule has 0 aliphatic carbocycles. The molecule has 1 heterocycles. The lowest BCUT2D eigenvalue weighted by Crippen LogP contribution is -2.50. The lowest BCUT2D eigenvalue weighted by Gasteiger charge is -2.37. The molecule has 116 valence electrons. The van der Waals surface area contributed by atoms with Crippen molar-refractivity contribution in [3.63, 3.8) is 0 Å². The average Bonchev–Trinajstić information content (AvgIpc) is 2.49. The molecule has 2 N–H and O–H groups in total. The summed E-state index contributed by atoms with van der Waals surface area (Å²) in [4.78, 5) is 9.69. The number of hydrogen-bond acceptors (Lipinski definition) is 3. The van der Waals surface area contributed by atoms with Crippen LogP contribution in [0.5, 0.6) is 0 Å². The van der Waals surface area contributed by atoms with Crippen LogP contribution in [0.4, 0.5) is 0 Å². The molecule has 0 bridgehead atoms. The number of nitrogens with zero attached hydrogens (tertiary/aromatic N) is 3. The van der Waals surface area contributed by atoms with E-state index < -0.39 is 0 Å². The Morgan fingerprint density at radius 3 is 2.50 bits per heavy atom. The van der Waals surface area contributed by atoms with Gasteiger partial charge in [0.25, 0.3) is 0 Å². The first-order valence-electron chi connectivity index (χ1n) is 7.80. The van der Waals surface area contributed by atoms with E-state index in [0.29, 0.717) is 6.04 Å². The van der Waals surface area contributed by atoms with Crippen molar-refractivity contribution < 1.29 is 0 Å². The zero-order valence-corrected chi connectivity index (χ0v) is 13.4. The molecule has 0 saturated carbocycles. The van der Waals surface area contributed by atoms with Crippen LogP contribution in [0.25, 0.3) is 0 Å². The molecule has 1 aliphatic rings. The summed E-state index contributed by atoms with van der Waals surface area (Å²) in [5.74, 6) is 0.881. The van der Waals surface area contributed by atoms with Crippen molar-refractivity contribution in [1.29, 1.82) is 0 Å². The second-order valence-electron chi connectivity index (χ2n) is 5.21. The van der Waals surface area contributed by atoms with Crippen molar-refractivity contribution >= 4 is 5.96 Å². The Kier molecular flexibility index (Phi) is 8.30. The molecular formula is C15H31N5. The van der Waals surface area contributed by atoms with Crippen LogP contribution in [0.1, 0.15) is 20.8 Å². The number of hydrogen-bond donors (Lipinski definition) is 2. The standard InChI is InChI=1S/C15H31N5/c1-5-8-17-15(16-6-2)18-13-14(4)20-11-9-19(7-3)10-12-20/h5,14H,1,6-13H2,2-4H3,(H2,16,17,18). The van der Waals surface area contributed by atoms with E-state index in [1.165, 1.54) is 13.1 Å². The van der Waals surface area contributed by atoms with Crippen LogP contribution in [0.3, 0.4) is 0 Å². The largest absolute Gasteiger partial charge is 0.357 e. The highest BCUT2D eigenvalue weighted by Gasteiger charge is 2.19. The van der Waals surface area contributed by atoms with Crippen LogP contribution in [0.2, 0.25) is 0 Å². The highest BCUT2D eigenvalue weighted by molar-refractivity contribution is 5.79. The summed E-state index contributed by atoms with van der Waals surface area (Å²) in [6.07, 6.45) is 1.85. The number of likely N-dealkylation sites (N-methyl/N-ethyl adjacent to an activating group) is 1. The Balaban J connectivity index is 2.39. The van der Waals surface area contributed by atoms with Crippen LogP contribution in [-0.4, -0.2) is 74.2 Å². The lowest BCUT2D eigenvalue weighted by molar-refractivity contribution is 0.109. The molecule has 0 spiro atoms. The molecule has 1 aliphatic heterocycles. The van der Waals surface area contributed by atoms with Crippen molar-refractivity contribution in [3.8, 4) is 0 Å². The summed E-state index contributed by atoms with van der Waals surface area (Å²) in [5.41, 5.74) is 0. The van der Waals surface area contributed by atoms with Crippen LogP contribution in [-0.2, 0) is 0 Å². The van der Waals surface area contributed by atoms with Gasteiger partial charge in [-0.25, -0.2) is 0 Å². The Morgan fingerprint density at radius 2 is 1.95 bits per heavy atom. The molecule has 1 atom stereocenters. The SMILES string of the molecule is C=CCNC(=NCC(C)N1CCN(CC)CC1)NCC. The molecule has 0 radical (unpaired) electrons. The summed E-state index contributed by atoms with van der Waals surface area (Å²) in [7, 11) is 0. The molecule has 0 aromatic rings. The van der Waals surface area contributed by atoms with Gasteiger partial charge in [-0.1, -0.05) is 13.0 Å². The molecule has 5 nitrogen and oxygen atoms in total. The molecule has 1 fully saturated rings. The summed E-state index contributed by atoms with van der Waals surface area (Å²) in [6.45, 7) is 18.6. The molecule has 1 unspecified atom stereocenters. The summed E-state index contributed by atoms with van der Waals surface area (Å²) in [5, 5.41) is 6.50. The minimum atomic E-state index is 0.494. The van der Waals surface area contributed by atoms with Crippen molar-refractivity contribution in [3.05, 3.63) is 12.7 Å². The minimum Gasteiger partial charge on any atom is -0.357 e. The maximum atomic E-state index is 4.66. The molecule has 20 heavy (non-hydrogen) atoms. The fraction of sp³-hybridized carbons (Fsp3) is 0.800. The summed E-state index contributed by atoms with van der Waals surface area (Å²) >= 11 is 0. The van der Waals surface area contributed by atoms with Gasteiger partial charge in [0.1, 0.15) is 0 Å². The second kappa shape index (κ2) is 9.77. The fourth-order valence-electron chi connectivity index (χ4n) is 2.37. The van der Waals surface area contributed by atoms with Gasteiger partial charge in [0, 0.05) is 45.3 Å². The van der Waals surface area contributed by atoms with E-state index in [9.17, 15) is 0 Å². The number of rotatable bonds is 7. The minimum absolute atomic E-state index is 0.494. The lowest BCUT2D eigenvalue weighted by atomic mass is 10.2. The van der Waals surface area contributed by atoms with E-state index >= 15 is 0 Å². The second-order valence-corrected chi connectivity index (χ2v) is 5.21. The van der Waals surface area contributed by atoms with Gasteiger partial charge in [-0.05, 0) is 20.4 Å². The quantitative estimate of drug-likeness (QED) is 0.411. The van der Waals surface area contributed by atoms with Crippen LogP contribution < -0.4 is 10.6 Å². The predicted molar refractivity (Wildman–Crippen MR) is 87.3 cm³/mol. The number of piperazine rings is 1. The Bertz CT molecular complexity index is 295. The van der Waals surface area contributed by atoms with E-state index in [1.54, 1.807) is 0 Å². The van der Waals surface area contributed by atoms with Gasteiger partial charge >= 0.3 is 0 Å². The van der Waals surface area contributed by atoms with Crippen molar-refractivity contribution in [1.82, 2.24) is 20.4 Å². The highest BCUT2D eigenvalue weighted by atomic mass is 15.3. The monoisotopic (exact) mass is 281 g/mol. The highest BCUT2D eigenvalue weighted by Crippen LogP contribution is 2.06. The molecule has 5 heteroatoms. The average molecular weight is 281 g/mol. The molecule has 0 aromatic heterocycles. The van der Waals surface area contributed by atoms with Crippen molar-refractivity contribution in [2.45, 2.75) is 26.8 Å². The van der Waals surface area contributed by atoms with E-state index in [2.05, 4.69) is 52.8 Å². The fourth-order valence-corrected chi connectivity index (χ4v) is 2.37. The molecule has 1 saturated heterocycles. The normalized spacial score (nSPS) is 19.6. The van der Waals surface area contributed by atoms with Crippen LogP contribution >= 0.6 is 0 Å². The first kappa shape index (κ1) is 17.0. The Morgan fingerprint density at radius 1 is 1.25 bits per heavy atom. The first-order chi connectivity index (χ1) is 9.71. The Labute approximate surface area is 124 Å². The van der Waals surface area contributed by atoms with E-state index in [4.69, 9.17) is 0 Å². The van der Waals surface area contributed by atoms with Crippen LogP contribution in [0, 0.1) is 0 Å². The van der Waals surface area contributed by atoms with Gasteiger partial charge in [0.2, 0.25) is 0 Å². The maximum Gasteiger partial charge on any atom is 0.191 e. The van der Waals surface area contributed by atoms with Gasteiger partial charge in [-0.2, -0.15) is 0 Å². The van der Waals surface area contributed by atoms with Gasteiger partial charge in [0.15, 0.2) is 5.96 Å². The number of nitrogens with one attached hydrogen (secondary N) is 2. The molecule has 1 rings (SSSR count). The van der Waals surface area contributed by atoms with Gasteiger partial charge in [-0.3, -0.25) is 9.89 Å². The third kappa shape index (κ3) is 5.92. The van der Waals surface area contributed by atoms with E-state index in [1.807, 2.05) is 6.08 Å². The molecular weight excluding hydrogens is 250 g/mol. The summed E-state index contributed by atoms with van der Waals surface area (Å²) < 4.78 is 0. The zero-order valence-electron chi connectivity index (χ0n) is 13.4. The van der Waals surface area contributed by atoms with Crippen LogP contribution in [0.15, 0.2) is 17.6 Å². The summed E-state index contributed by atoms with van der Waals surface area (Å²) in [6, 6.07) is 0.494. The van der Waals surface area contributed by atoms with Crippen molar-refractivity contribution in [2.75, 3.05) is 52.4 Å². The van der Waals surface area contributed by atoms with Crippen molar-refractivity contribution in [2.24, 2.45) is 4.99 Å².